The van der Waals surface area contributed by atoms with Crippen molar-refractivity contribution in [3.63, 3.8) is 0 Å². The molecule has 0 saturated heterocycles. The summed E-state index contributed by atoms with van der Waals surface area (Å²) in [7, 11) is 1.59. The van der Waals surface area contributed by atoms with Crippen molar-refractivity contribution in [1.29, 1.82) is 0 Å². The van der Waals surface area contributed by atoms with Crippen molar-refractivity contribution in [1.82, 2.24) is 9.97 Å². The van der Waals surface area contributed by atoms with E-state index in [1.165, 1.54) is 12.4 Å². The predicted molar refractivity (Wildman–Crippen MR) is 64.2 cm³/mol. The number of aryl methyl sites for hydroxylation is 1. The summed E-state index contributed by atoms with van der Waals surface area (Å²) < 4.78 is 10.8. The molecule has 2 aromatic rings. The number of nitrogens with two attached hydrogens (primary N) is 1. The number of nitrogens with zero attached hydrogens (tertiary/aromatic N) is 2. The first-order valence-corrected chi connectivity index (χ1v) is 5.09. The molecule has 17 heavy (non-hydrogen) atoms. The molecule has 2 N–H and O–H groups in total. The highest BCUT2D eigenvalue weighted by molar-refractivity contribution is 5.44. The minimum Gasteiger partial charge on any atom is -0.493 e. The quantitative estimate of drug-likeness (QED) is 0.876. The van der Waals surface area contributed by atoms with Crippen molar-refractivity contribution in [2.24, 2.45) is 0 Å². The molecule has 1 aromatic carbocycles. The van der Waals surface area contributed by atoms with Gasteiger partial charge in [-0.3, -0.25) is 0 Å². The number of rotatable bonds is 3. The maximum atomic E-state index is 5.56. The summed E-state index contributed by atoms with van der Waals surface area (Å²) in [6.07, 6.45) is 2.91. The van der Waals surface area contributed by atoms with Gasteiger partial charge in [0.25, 0.3) is 0 Å². The second-order valence-electron chi connectivity index (χ2n) is 3.54. The lowest BCUT2D eigenvalue weighted by Gasteiger charge is -2.09. The largest absolute Gasteiger partial charge is 0.493 e. The number of anilines is 1. The highest BCUT2D eigenvalue weighted by Gasteiger charge is 2.06. The highest BCUT2D eigenvalue weighted by atomic mass is 16.5. The zero-order valence-corrected chi connectivity index (χ0v) is 9.68. The Morgan fingerprint density at radius 1 is 1.12 bits per heavy atom. The van der Waals surface area contributed by atoms with Crippen LogP contribution in [0.3, 0.4) is 0 Å². The second-order valence-corrected chi connectivity index (χ2v) is 3.54. The van der Waals surface area contributed by atoms with E-state index in [2.05, 4.69) is 9.97 Å². The van der Waals surface area contributed by atoms with Crippen LogP contribution < -0.4 is 15.2 Å². The van der Waals surface area contributed by atoms with E-state index in [1.807, 2.05) is 25.1 Å². The van der Waals surface area contributed by atoms with Gasteiger partial charge in [-0.2, -0.15) is 0 Å². The minimum atomic E-state index is 0.355. The Bertz CT molecular complexity index is 512. The molecule has 88 valence electrons. The molecule has 0 atom stereocenters. The van der Waals surface area contributed by atoms with E-state index >= 15 is 0 Å². The lowest BCUT2D eigenvalue weighted by Crippen LogP contribution is -1.95. The van der Waals surface area contributed by atoms with Crippen molar-refractivity contribution < 1.29 is 9.47 Å². The van der Waals surface area contributed by atoms with Crippen LogP contribution in [0.2, 0.25) is 0 Å². The summed E-state index contributed by atoms with van der Waals surface area (Å²) in [5, 5.41) is 0. The van der Waals surface area contributed by atoms with Gasteiger partial charge in [0.05, 0.1) is 19.5 Å². The summed E-state index contributed by atoms with van der Waals surface area (Å²) in [4.78, 5) is 7.90. The lowest BCUT2D eigenvalue weighted by atomic mass is 10.2. The summed E-state index contributed by atoms with van der Waals surface area (Å²) in [6.45, 7) is 1.98. The molecule has 0 saturated carbocycles. The molecular formula is C12H13N3O2. The normalized spacial score (nSPS) is 10.0. The molecule has 0 radical (unpaired) electrons. The number of benzene rings is 1. The molecule has 0 bridgehead atoms. The third-order valence-electron chi connectivity index (χ3n) is 2.18. The van der Waals surface area contributed by atoms with Crippen LogP contribution in [0.4, 0.5) is 5.82 Å². The summed E-state index contributed by atoms with van der Waals surface area (Å²) in [5.41, 5.74) is 6.54. The van der Waals surface area contributed by atoms with Gasteiger partial charge >= 0.3 is 0 Å². The Morgan fingerprint density at radius 3 is 2.59 bits per heavy atom. The fourth-order valence-electron chi connectivity index (χ4n) is 1.35. The Morgan fingerprint density at radius 2 is 1.94 bits per heavy atom. The van der Waals surface area contributed by atoms with E-state index in [0.717, 1.165) is 5.56 Å². The Kier molecular flexibility index (Phi) is 3.09. The molecule has 0 amide bonds. The molecule has 0 fully saturated rings. The van der Waals surface area contributed by atoms with Gasteiger partial charge < -0.3 is 15.2 Å². The first kappa shape index (κ1) is 11.2. The molecule has 0 unspecified atom stereocenters. The lowest BCUT2D eigenvalue weighted by molar-refractivity contribution is 0.373. The first-order chi connectivity index (χ1) is 8.19. The van der Waals surface area contributed by atoms with Gasteiger partial charge in [-0.25, -0.2) is 9.97 Å². The monoisotopic (exact) mass is 231 g/mol. The number of hydrogen-bond acceptors (Lipinski definition) is 5. The number of nitrogen functional groups attached to an aromatic ring is 1. The fourth-order valence-corrected chi connectivity index (χ4v) is 1.35. The first-order valence-electron chi connectivity index (χ1n) is 5.09. The molecular weight excluding hydrogens is 218 g/mol. The predicted octanol–water partition coefficient (Wildman–Crippen LogP) is 2.17. The van der Waals surface area contributed by atoms with Gasteiger partial charge in [-0.15, -0.1) is 0 Å². The average Bonchev–Trinajstić information content (AvgIpc) is 2.34. The van der Waals surface area contributed by atoms with E-state index < -0.39 is 0 Å². The van der Waals surface area contributed by atoms with Crippen LogP contribution in [0.1, 0.15) is 5.56 Å². The van der Waals surface area contributed by atoms with Crippen LogP contribution in [0.15, 0.2) is 30.6 Å². The number of aromatic nitrogens is 2. The maximum Gasteiger partial charge on any atom is 0.238 e. The fraction of sp³-hybridized carbons (Fsp3) is 0.167. The smallest absolute Gasteiger partial charge is 0.238 e. The van der Waals surface area contributed by atoms with E-state index in [4.69, 9.17) is 15.2 Å². The van der Waals surface area contributed by atoms with E-state index in [1.54, 1.807) is 7.11 Å². The molecule has 5 heteroatoms. The third-order valence-corrected chi connectivity index (χ3v) is 2.18. The van der Waals surface area contributed by atoms with Gasteiger partial charge in [0.1, 0.15) is 5.82 Å². The number of ether oxygens (including phenoxy) is 2. The van der Waals surface area contributed by atoms with Gasteiger partial charge in [-0.05, 0) is 24.6 Å². The Balaban J connectivity index is 2.26. The average molecular weight is 231 g/mol. The summed E-state index contributed by atoms with van der Waals surface area (Å²) in [5.74, 6) is 1.98. The van der Waals surface area contributed by atoms with E-state index in [-0.39, 0.29) is 0 Å². The molecule has 0 aliphatic heterocycles. The summed E-state index contributed by atoms with van der Waals surface area (Å²) in [6, 6.07) is 5.65. The molecule has 2 rings (SSSR count). The van der Waals surface area contributed by atoms with Crippen molar-refractivity contribution in [2.45, 2.75) is 6.92 Å². The second kappa shape index (κ2) is 4.69. The molecule has 0 aliphatic rings. The van der Waals surface area contributed by atoms with Crippen LogP contribution in [0, 0.1) is 6.92 Å². The molecule has 1 heterocycles. The maximum absolute atomic E-state index is 5.56. The van der Waals surface area contributed by atoms with Crippen molar-refractivity contribution >= 4 is 5.82 Å². The molecule has 5 nitrogen and oxygen atoms in total. The topological polar surface area (TPSA) is 70.3 Å². The van der Waals surface area contributed by atoms with Crippen molar-refractivity contribution in [2.75, 3.05) is 12.8 Å². The summed E-state index contributed by atoms with van der Waals surface area (Å²) >= 11 is 0. The molecule has 0 spiro atoms. The zero-order valence-electron chi connectivity index (χ0n) is 9.68. The van der Waals surface area contributed by atoms with Crippen LogP contribution in [0.25, 0.3) is 0 Å². The number of hydrogen-bond donors (Lipinski definition) is 1. The van der Waals surface area contributed by atoms with Gasteiger partial charge in [0.2, 0.25) is 5.88 Å². The van der Waals surface area contributed by atoms with Crippen molar-refractivity contribution in [3.8, 4) is 17.4 Å². The van der Waals surface area contributed by atoms with Crippen LogP contribution in [-0.4, -0.2) is 17.1 Å². The minimum absolute atomic E-state index is 0.355. The van der Waals surface area contributed by atoms with Crippen molar-refractivity contribution in [3.05, 3.63) is 36.2 Å². The van der Waals surface area contributed by atoms with Gasteiger partial charge in [0, 0.05) is 0 Å². The van der Waals surface area contributed by atoms with Crippen LogP contribution >= 0.6 is 0 Å². The third kappa shape index (κ3) is 2.63. The Labute approximate surface area is 99.2 Å². The van der Waals surface area contributed by atoms with E-state index in [0.29, 0.717) is 23.2 Å². The standard InChI is InChI=1S/C12H13N3O2/c1-8-3-4-9(10(5-8)16-2)17-12-7-14-11(13)6-15-12/h3-7H,1-2H3,(H2,13,14). The molecule has 0 aliphatic carbocycles. The Hall–Kier alpha value is -2.30. The van der Waals surface area contributed by atoms with Gasteiger partial charge in [0.15, 0.2) is 11.5 Å². The molecule has 1 aromatic heterocycles. The SMILES string of the molecule is COc1cc(C)ccc1Oc1cnc(N)cn1. The number of methoxy groups -OCH3 is 1. The van der Waals surface area contributed by atoms with E-state index in [9.17, 15) is 0 Å². The van der Waals surface area contributed by atoms with Crippen LogP contribution in [0.5, 0.6) is 17.4 Å². The van der Waals surface area contributed by atoms with Crippen LogP contribution in [-0.2, 0) is 0 Å². The zero-order chi connectivity index (χ0) is 12.3. The highest BCUT2D eigenvalue weighted by Crippen LogP contribution is 2.31. The van der Waals surface area contributed by atoms with Gasteiger partial charge in [-0.1, -0.05) is 6.07 Å².